The average Bonchev–Trinajstić information content (AvgIpc) is 2.97. The van der Waals surface area contributed by atoms with Crippen LogP contribution >= 0.6 is 0 Å². The molecule has 0 radical (unpaired) electrons. The number of carbonyl (C=O) groups is 2. The van der Waals surface area contributed by atoms with Gasteiger partial charge in [0.1, 0.15) is 0 Å². The lowest BCUT2D eigenvalue weighted by molar-refractivity contribution is 0.0845. The molecule has 4 N–H and O–H groups in total. The maximum Gasteiger partial charge on any atom is 0.253 e. The summed E-state index contributed by atoms with van der Waals surface area (Å²) in [4.78, 5) is 43.7. The number of rotatable bonds is 10. The number of hydrogen-bond acceptors (Lipinski definition) is 6. The number of ether oxygens (including phenoxy) is 1. The monoisotopic (exact) mass is 560 g/mol. The lowest BCUT2D eigenvalue weighted by atomic mass is 9.94. The maximum atomic E-state index is 13.7. The van der Waals surface area contributed by atoms with E-state index in [-0.39, 0.29) is 37.1 Å². The predicted molar refractivity (Wildman–Crippen MR) is 161 cm³/mol. The predicted octanol–water partition coefficient (Wildman–Crippen LogP) is 3.62. The molecule has 218 valence electrons. The van der Waals surface area contributed by atoms with Crippen LogP contribution in [0.4, 0.5) is 5.69 Å². The van der Waals surface area contributed by atoms with E-state index < -0.39 is 0 Å². The second-order valence-corrected chi connectivity index (χ2v) is 10.5. The lowest BCUT2D eigenvalue weighted by Gasteiger charge is -2.37. The van der Waals surface area contributed by atoms with Gasteiger partial charge in [-0.25, -0.2) is 0 Å². The number of aromatic amines is 1. The molecule has 4 rings (SSSR count). The number of aliphatic hydroxyl groups is 1. The minimum absolute atomic E-state index is 0.119. The van der Waals surface area contributed by atoms with E-state index in [2.05, 4.69) is 33.5 Å². The normalized spacial score (nSPS) is 13.6. The van der Waals surface area contributed by atoms with Crippen molar-refractivity contribution in [3.05, 3.63) is 86.3 Å². The summed E-state index contributed by atoms with van der Waals surface area (Å²) in [5, 5.41) is 14.6. The Kier molecular flexibility index (Phi) is 9.96. The Labute approximate surface area is 240 Å². The molecule has 1 aromatic heterocycles. The Balaban J connectivity index is 1.71. The molecule has 1 aliphatic rings. The number of aliphatic hydroxyl groups excluding tert-OH is 1. The van der Waals surface area contributed by atoms with Gasteiger partial charge in [-0.1, -0.05) is 12.1 Å². The second kappa shape index (κ2) is 13.6. The van der Waals surface area contributed by atoms with Crippen LogP contribution in [0.2, 0.25) is 0 Å². The lowest BCUT2D eigenvalue weighted by Crippen LogP contribution is -2.40. The van der Waals surface area contributed by atoms with Gasteiger partial charge < -0.3 is 30.4 Å². The highest BCUT2D eigenvalue weighted by atomic mass is 16.5. The van der Waals surface area contributed by atoms with Crippen LogP contribution in [-0.4, -0.2) is 60.9 Å². The first-order valence-corrected chi connectivity index (χ1v) is 14.2. The van der Waals surface area contributed by atoms with E-state index >= 15 is 0 Å². The summed E-state index contributed by atoms with van der Waals surface area (Å²) >= 11 is 0. The quantitative estimate of drug-likeness (QED) is 0.300. The van der Waals surface area contributed by atoms with E-state index in [1.807, 2.05) is 45.0 Å². The van der Waals surface area contributed by atoms with Crippen LogP contribution in [0.3, 0.4) is 0 Å². The number of carbonyl (C=O) groups excluding carboxylic acids is 2. The summed E-state index contributed by atoms with van der Waals surface area (Å²) in [5.74, 6) is -0.513. The second-order valence-electron chi connectivity index (χ2n) is 10.5. The van der Waals surface area contributed by atoms with Crippen molar-refractivity contribution in [1.29, 1.82) is 0 Å². The van der Waals surface area contributed by atoms with Crippen molar-refractivity contribution in [3.8, 4) is 11.1 Å². The highest BCUT2D eigenvalue weighted by molar-refractivity contribution is 5.99. The fourth-order valence-electron chi connectivity index (χ4n) is 5.47. The summed E-state index contributed by atoms with van der Waals surface area (Å²) < 4.78 is 5.61. The van der Waals surface area contributed by atoms with E-state index in [0.29, 0.717) is 35.9 Å². The van der Waals surface area contributed by atoms with E-state index in [1.54, 1.807) is 12.1 Å². The highest BCUT2D eigenvalue weighted by Gasteiger charge is 2.25. The molecule has 0 spiro atoms. The number of pyridine rings is 1. The van der Waals surface area contributed by atoms with Crippen molar-refractivity contribution in [2.45, 2.75) is 53.1 Å². The molecule has 0 saturated carbocycles. The SMILES string of the molecule is CCN(c1cc(-c2ccc(C(=O)NCCO)cc2)cc(C(=O)NCc2c(C)cc(C)[nH]c2=O)c1C)C1CCOCC1. The topological polar surface area (TPSA) is 124 Å². The Morgan fingerprint density at radius 1 is 1.00 bits per heavy atom. The number of nitrogens with zero attached hydrogens (tertiary/aromatic N) is 1. The molecule has 9 heteroatoms. The molecule has 3 aromatic rings. The molecule has 41 heavy (non-hydrogen) atoms. The van der Waals surface area contributed by atoms with Crippen LogP contribution in [0.25, 0.3) is 11.1 Å². The summed E-state index contributed by atoms with van der Waals surface area (Å²) in [5.41, 5.74) is 6.54. The number of benzene rings is 2. The third kappa shape index (κ3) is 7.04. The minimum atomic E-state index is -0.256. The number of anilines is 1. The van der Waals surface area contributed by atoms with Crippen molar-refractivity contribution in [2.75, 3.05) is 37.8 Å². The first-order chi connectivity index (χ1) is 19.7. The van der Waals surface area contributed by atoms with E-state index in [9.17, 15) is 14.4 Å². The molecule has 2 amide bonds. The molecular formula is C32H40N4O5. The van der Waals surface area contributed by atoms with Crippen molar-refractivity contribution >= 4 is 17.5 Å². The zero-order valence-corrected chi connectivity index (χ0v) is 24.3. The van der Waals surface area contributed by atoms with Gasteiger partial charge in [-0.3, -0.25) is 14.4 Å². The fraction of sp³-hybridized carbons (Fsp3) is 0.406. The van der Waals surface area contributed by atoms with Crippen LogP contribution < -0.4 is 21.1 Å². The smallest absolute Gasteiger partial charge is 0.253 e. The average molecular weight is 561 g/mol. The van der Waals surface area contributed by atoms with Gasteiger partial charge in [-0.05, 0) is 93.1 Å². The molecule has 1 fully saturated rings. The van der Waals surface area contributed by atoms with Gasteiger partial charge in [0.15, 0.2) is 0 Å². The van der Waals surface area contributed by atoms with Crippen LogP contribution in [0.15, 0.2) is 47.3 Å². The maximum absolute atomic E-state index is 13.7. The summed E-state index contributed by atoms with van der Waals surface area (Å²) in [6, 6.07) is 13.4. The molecular weight excluding hydrogens is 520 g/mol. The Hall–Kier alpha value is -3.95. The van der Waals surface area contributed by atoms with Crippen LogP contribution in [0, 0.1) is 20.8 Å². The molecule has 2 aromatic carbocycles. The molecule has 0 bridgehead atoms. The molecule has 0 aliphatic carbocycles. The third-order valence-corrected chi connectivity index (χ3v) is 7.70. The Morgan fingerprint density at radius 2 is 1.71 bits per heavy atom. The third-order valence-electron chi connectivity index (χ3n) is 7.70. The zero-order valence-electron chi connectivity index (χ0n) is 24.3. The molecule has 9 nitrogen and oxygen atoms in total. The Bertz CT molecular complexity index is 1440. The number of amides is 2. The minimum Gasteiger partial charge on any atom is -0.395 e. The number of nitrogens with one attached hydrogen (secondary N) is 3. The largest absolute Gasteiger partial charge is 0.395 e. The molecule has 2 heterocycles. The Morgan fingerprint density at radius 3 is 2.34 bits per heavy atom. The van der Waals surface area contributed by atoms with Crippen LogP contribution in [-0.2, 0) is 11.3 Å². The van der Waals surface area contributed by atoms with Gasteiger partial charge in [0, 0.05) is 67.0 Å². The van der Waals surface area contributed by atoms with E-state index in [1.165, 1.54) is 0 Å². The van der Waals surface area contributed by atoms with Crippen molar-refractivity contribution in [3.63, 3.8) is 0 Å². The molecule has 0 atom stereocenters. The first kappa shape index (κ1) is 30.0. The van der Waals surface area contributed by atoms with Crippen molar-refractivity contribution < 1.29 is 19.4 Å². The first-order valence-electron chi connectivity index (χ1n) is 14.2. The van der Waals surface area contributed by atoms with Crippen molar-refractivity contribution in [2.24, 2.45) is 0 Å². The van der Waals surface area contributed by atoms with Crippen LogP contribution in [0.1, 0.15) is 62.9 Å². The van der Waals surface area contributed by atoms with Gasteiger partial charge in [0.2, 0.25) is 0 Å². The van der Waals surface area contributed by atoms with Crippen molar-refractivity contribution in [1.82, 2.24) is 15.6 Å². The zero-order chi connectivity index (χ0) is 29.5. The number of hydrogen-bond donors (Lipinski definition) is 4. The van der Waals surface area contributed by atoms with Crippen LogP contribution in [0.5, 0.6) is 0 Å². The fourth-order valence-corrected chi connectivity index (χ4v) is 5.47. The summed E-state index contributed by atoms with van der Waals surface area (Å²) in [6.45, 7) is 10.2. The van der Waals surface area contributed by atoms with Gasteiger partial charge in [-0.15, -0.1) is 0 Å². The van der Waals surface area contributed by atoms with Gasteiger partial charge in [0.25, 0.3) is 17.4 Å². The standard InChI is InChI=1S/C32H40N4O5/c1-5-36(26-10-14-41-15-11-26)29-18-25(23-6-8-24(9-7-23)30(38)33-12-13-37)17-27(22(29)4)31(39)34-19-28-20(2)16-21(3)35-32(28)40/h6-9,16-18,26,37H,5,10-15,19H2,1-4H3,(H,33,38)(H,34,39)(H,35,40). The summed E-state index contributed by atoms with van der Waals surface area (Å²) in [7, 11) is 0. The number of aromatic nitrogens is 1. The number of aryl methyl sites for hydroxylation is 2. The molecule has 1 saturated heterocycles. The highest BCUT2D eigenvalue weighted by Crippen LogP contribution is 2.34. The van der Waals surface area contributed by atoms with Gasteiger partial charge in [0.05, 0.1) is 6.61 Å². The molecule has 1 aliphatic heterocycles. The van der Waals surface area contributed by atoms with E-state index in [4.69, 9.17) is 9.84 Å². The molecule has 0 unspecified atom stereocenters. The summed E-state index contributed by atoms with van der Waals surface area (Å²) in [6.07, 6.45) is 1.82. The van der Waals surface area contributed by atoms with Gasteiger partial charge >= 0.3 is 0 Å². The number of H-pyrrole nitrogens is 1. The van der Waals surface area contributed by atoms with E-state index in [0.717, 1.165) is 53.0 Å². The van der Waals surface area contributed by atoms with Gasteiger partial charge in [-0.2, -0.15) is 0 Å².